The molecule has 2 heterocycles. The topological polar surface area (TPSA) is 17.3 Å². The van der Waals surface area contributed by atoms with E-state index in [1.165, 1.54) is 16.6 Å². The fourth-order valence-electron chi connectivity index (χ4n) is 2.97. The van der Waals surface area contributed by atoms with Crippen LogP contribution in [0.1, 0.15) is 52.7 Å². The van der Waals surface area contributed by atoms with Crippen molar-refractivity contribution in [3.05, 3.63) is 59.8 Å². The summed E-state index contributed by atoms with van der Waals surface area (Å²) in [6, 6.07) is 16.1. The SMILES string of the molecule is CC(C)(C)c1c[c-]c(-c2nn3ccccc3c2C(C)(C)C)cc1.[Ir]. The molecule has 0 aliphatic heterocycles. The van der Waals surface area contributed by atoms with Gasteiger partial charge in [-0.05, 0) is 28.5 Å². The van der Waals surface area contributed by atoms with Gasteiger partial charge in [0.2, 0.25) is 0 Å². The van der Waals surface area contributed by atoms with Crippen molar-refractivity contribution in [2.75, 3.05) is 0 Å². The molecule has 1 aromatic carbocycles. The number of benzene rings is 1. The second-order valence-electron chi connectivity index (χ2n) is 8.25. The quantitative estimate of drug-likeness (QED) is 0.412. The average Bonchev–Trinajstić information content (AvgIpc) is 2.86. The Labute approximate surface area is 158 Å². The van der Waals surface area contributed by atoms with Crippen LogP contribution < -0.4 is 0 Å². The second kappa shape index (κ2) is 6.46. The molecule has 1 radical (unpaired) electrons. The second-order valence-corrected chi connectivity index (χ2v) is 8.25. The van der Waals surface area contributed by atoms with E-state index < -0.39 is 0 Å². The van der Waals surface area contributed by atoms with E-state index in [9.17, 15) is 0 Å². The first-order valence-corrected chi connectivity index (χ1v) is 8.18. The van der Waals surface area contributed by atoms with Crippen LogP contribution in [-0.2, 0) is 30.9 Å². The van der Waals surface area contributed by atoms with Gasteiger partial charge < -0.3 is 0 Å². The third kappa shape index (κ3) is 3.48. The minimum Gasteiger partial charge on any atom is -0.250 e. The van der Waals surface area contributed by atoms with Crippen molar-refractivity contribution in [1.82, 2.24) is 9.61 Å². The molecule has 0 aliphatic rings. The van der Waals surface area contributed by atoms with E-state index in [0.717, 1.165) is 11.3 Å². The van der Waals surface area contributed by atoms with E-state index in [2.05, 4.69) is 77.9 Å². The summed E-state index contributed by atoms with van der Waals surface area (Å²) in [5.74, 6) is 0. The van der Waals surface area contributed by atoms with E-state index >= 15 is 0 Å². The van der Waals surface area contributed by atoms with Crippen LogP contribution in [0.5, 0.6) is 0 Å². The molecule has 3 aromatic rings. The Kier molecular flexibility index (Phi) is 5.08. The number of nitrogens with zero attached hydrogens (tertiary/aromatic N) is 2. The number of aromatic nitrogens is 2. The Morgan fingerprint density at radius 1 is 0.917 bits per heavy atom. The van der Waals surface area contributed by atoms with Crippen LogP contribution in [0.2, 0.25) is 0 Å². The summed E-state index contributed by atoms with van der Waals surface area (Å²) >= 11 is 0. The Bertz CT molecular complexity index is 831. The number of hydrogen-bond acceptors (Lipinski definition) is 1. The Morgan fingerprint density at radius 3 is 2.17 bits per heavy atom. The van der Waals surface area contributed by atoms with Crippen molar-refractivity contribution < 1.29 is 20.1 Å². The van der Waals surface area contributed by atoms with Crippen molar-refractivity contribution in [1.29, 1.82) is 0 Å². The summed E-state index contributed by atoms with van der Waals surface area (Å²) < 4.78 is 1.97. The van der Waals surface area contributed by atoms with Crippen molar-refractivity contribution in [2.45, 2.75) is 52.4 Å². The zero-order chi connectivity index (χ0) is 16.8. The fraction of sp³-hybridized carbons (Fsp3) is 0.381. The van der Waals surface area contributed by atoms with Gasteiger partial charge in [0.15, 0.2) is 0 Å². The smallest absolute Gasteiger partial charge is 0.0604 e. The van der Waals surface area contributed by atoms with Crippen LogP contribution in [-0.4, -0.2) is 9.61 Å². The first kappa shape index (κ1) is 18.9. The first-order valence-electron chi connectivity index (χ1n) is 8.18. The number of rotatable bonds is 1. The van der Waals surface area contributed by atoms with Crippen LogP contribution in [0.3, 0.4) is 0 Å². The standard InChI is InChI=1S/C21H25N2.Ir/c1-20(2,3)16-12-10-15(11-13-16)19-18(21(4,5)6)17-9-7-8-14-23(17)22-19;/h7-10,12-14H,1-6H3;/q-1;. The number of hydrogen-bond donors (Lipinski definition) is 0. The van der Waals surface area contributed by atoms with Crippen LogP contribution in [0.15, 0.2) is 42.6 Å². The van der Waals surface area contributed by atoms with Gasteiger partial charge in [-0.15, -0.1) is 35.4 Å². The summed E-state index contributed by atoms with van der Waals surface area (Å²) in [5, 5.41) is 4.83. The summed E-state index contributed by atoms with van der Waals surface area (Å²) in [5.41, 5.74) is 6.00. The van der Waals surface area contributed by atoms with Crippen LogP contribution in [0, 0.1) is 6.07 Å². The van der Waals surface area contributed by atoms with Gasteiger partial charge in [0.05, 0.1) is 5.52 Å². The molecule has 0 N–H and O–H groups in total. The molecule has 2 nitrogen and oxygen atoms in total. The maximum Gasteiger partial charge on any atom is 0.0604 e. The van der Waals surface area contributed by atoms with Gasteiger partial charge >= 0.3 is 0 Å². The molecule has 0 bridgehead atoms. The molecular formula is C21H25IrN2-. The summed E-state index contributed by atoms with van der Waals surface area (Å²) in [7, 11) is 0. The van der Waals surface area contributed by atoms with Crippen molar-refractivity contribution in [2.24, 2.45) is 0 Å². The van der Waals surface area contributed by atoms with E-state index in [1.807, 2.05) is 16.8 Å². The normalized spacial score (nSPS) is 12.2. The summed E-state index contributed by atoms with van der Waals surface area (Å²) in [6.07, 6.45) is 2.01. The minimum atomic E-state index is 0. The predicted octanol–water partition coefficient (Wildman–Crippen LogP) is 5.39. The summed E-state index contributed by atoms with van der Waals surface area (Å²) in [6.45, 7) is 13.4. The fourth-order valence-corrected chi connectivity index (χ4v) is 2.97. The van der Waals surface area contributed by atoms with Gasteiger partial charge in [0, 0.05) is 32.0 Å². The Hall–Kier alpha value is -1.44. The Morgan fingerprint density at radius 2 is 1.62 bits per heavy atom. The maximum atomic E-state index is 4.83. The molecule has 129 valence electrons. The van der Waals surface area contributed by atoms with Crippen molar-refractivity contribution in [3.8, 4) is 11.3 Å². The van der Waals surface area contributed by atoms with E-state index in [-0.39, 0.29) is 30.9 Å². The molecule has 24 heavy (non-hydrogen) atoms. The molecule has 0 saturated carbocycles. The predicted molar refractivity (Wildman–Crippen MR) is 96.9 cm³/mol. The third-order valence-corrected chi connectivity index (χ3v) is 4.22. The molecule has 0 aliphatic carbocycles. The van der Waals surface area contributed by atoms with Gasteiger partial charge in [0.25, 0.3) is 0 Å². The van der Waals surface area contributed by atoms with Gasteiger partial charge in [-0.2, -0.15) is 0 Å². The van der Waals surface area contributed by atoms with Crippen molar-refractivity contribution >= 4 is 5.52 Å². The molecule has 0 saturated heterocycles. The largest absolute Gasteiger partial charge is 0.250 e. The van der Waals surface area contributed by atoms with Crippen LogP contribution in [0.25, 0.3) is 16.8 Å². The zero-order valence-corrected chi connectivity index (χ0v) is 17.7. The molecule has 3 rings (SSSR count). The third-order valence-electron chi connectivity index (χ3n) is 4.22. The molecule has 0 fully saturated rings. The average molecular weight is 498 g/mol. The molecule has 3 heteroatoms. The molecule has 0 spiro atoms. The van der Waals surface area contributed by atoms with E-state index in [4.69, 9.17) is 5.10 Å². The maximum absolute atomic E-state index is 4.83. The van der Waals surface area contributed by atoms with Crippen LogP contribution in [0.4, 0.5) is 0 Å². The molecular weight excluding hydrogens is 472 g/mol. The number of fused-ring (bicyclic) bond motifs is 1. The van der Waals surface area contributed by atoms with Gasteiger partial charge in [-0.1, -0.05) is 47.6 Å². The van der Waals surface area contributed by atoms with Crippen molar-refractivity contribution in [3.63, 3.8) is 0 Å². The van der Waals surface area contributed by atoms with Gasteiger partial charge in [0.1, 0.15) is 0 Å². The van der Waals surface area contributed by atoms with E-state index in [0.29, 0.717) is 0 Å². The Balaban J connectivity index is 0.00000208. The van der Waals surface area contributed by atoms with Crippen LogP contribution >= 0.6 is 0 Å². The van der Waals surface area contributed by atoms with Gasteiger partial charge in [-0.3, -0.25) is 4.52 Å². The molecule has 2 aromatic heterocycles. The molecule has 0 amide bonds. The first-order chi connectivity index (χ1) is 10.7. The monoisotopic (exact) mass is 498 g/mol. The summed E-state index contributed by atoms with van der Waals surface area (Å²) in [4.78, 5) is 0. The number of pyridine rings is 1. The molecule has 0 unspecified atom stereocenters. The van der Waals surface area contributed by atoms with E-state index in [1.54, 1.807) is 0 Å². The van der Waals surface area contributed by atoms with Gasteiger partial charge in [-0.25, -0.2) is 5.10 Å². The molecule has 0 atom stereocenters. The zero-order valence-electron chi connectivity index (χ0n) is 15.3. The minimum absolute atomic E-state index is 0.